The molecule has 0 saturated carbocycles. The number of aromatic nitrogens is 1. The van der Waals surface area contributed by atoms with E-state index in [2.05, 4.69) is 20.9 Å². The number of benzene rings is 1. The van der Waals surface area contributed by atoms with E-state index in [0.29, 0.717) is 9.43 Å². The van der Waals surface area contributed by atoms with Crippen LogP contribution in [0.4, 0.5) is 4.39 Å². The van der Waals surface area contributed by atoms with Crippen LogP contribution in [0.5, 0.6) is 0 Å². The van der Waals surface area contributed by atoms with E-state index in [4.69, 9.17) is 11.6 Å². The maximum absolute atomic E-state index is 12.9. The van der Waals surface area contributed by atoms with Crippen LogP contribution in [-0.2, 0) is 0 Å². The molecule has 0 aliphatic rings. The highest BCUT2D eigenvalue weighted by Crippen LogP contribution is 2.32. The lowest BCUT2D eigenvalue weighted by Crippen LogP contribution is -1.76. The van der Waals surface area contributed by atoms with Crippen LogP contribution >= 0.6 is 38.9 Å². The van der Waals surface area contributed by atoms with Crippen molar-refractivity contribution >= 4 is 49.1 Å². The Labute approximate surface area is 85.3 Å². The van der Waals surface area contributed by atoms with E-state index in [1.165, 1.54) is 17.4 Å². The second-order valence-electron chi connectivity index (χ2n) is 2.17. The zero-order valence-corrected chi connectivity index (χ0v) is 8.80. The van der Waals surface area contributed by atoms with Crippen molar-refractivity contribution in [2.45, 2.75) is 0 Å². The standard InChI is InChI=1S/C7H2BrClFNS/c8-7-11-6-4(12-7)2-1-3(10)5(6)9/h1-2H. The van der Waals surface area contributed by atoms with Gasteiger partial charge in [0.25, 0.3) is 0 Å². The Bertz CT molecular complexity index is 442. The van der Waals surface area contributed by atoms with Crippen molar-refractivity contribution in [3.8, 4) is 0 Å². The minimum absolute atomic E-state index is 0.0921. The first-order chi connectivity index (χ1) is 5.68. The van der Waals surface area contributed by atoms with Crippen molar-refractivity contribution in [2.24, 2.45) is 0 Å². The minimum Gasteiger partial charge on any atom is -0.227 e. The Morgan fingerprint density at radius 3 is 3.00 bits per heavy atom. The molecule has 0 radical (unpaired) electrons. The van der Waals surface area contributed by atoms with Crippen molar-refractivity contribution in [3.05, 3.63) is 26.9 Å². The summed E-state index contributed by atoms with van der Waals surface area (Å²) in [6.45, 7) is 0. The first-order valence-corrected chi connectivity index (χ1v) is 5.07. The quantitative estimate of drug-likeness (QED) is 0.706. The van der Waals surface area contributed by atoms with Gasteiger partial charge in [0.15, 0.2) is 3.92 Å². The van der Waals surface area contributed by atoms with Gasteiger partial charge in [0.2, 0.25) is 0 Å². The Kier molecular flexibility index (Phi) is 2.06. The molecule has 0 N–H and O–H groups in total. The van der Waals surface area contributed by atoms with Crippen molar-refractivity contribution in [1.29, 1.82) is 0 Å². The molecule has 1 aromatic heterocycles. The van der Waals surface area contributed by atoms with Gasteiger partial charge >= 0.3 is 0 Å². The van der Waals surface area contributed by atoms with Crippen LogP contribution in [0.3, 0.4) is 0 Å². The first-order valence-electron chi connectivity index (χ1n) is 3.08. The van der Waals surface area contributed by atoms with Crippen LogP contribution in [-0.4, -0.2) is 4.98 Å². The molecule has 12 heavy (non-hydrogen) atoms. The number of hydrogen-bond donors (Lipinski definition) is 0. The number of rotatable bonds is 0. The van der Waals surface area contributed by atoms with E-state index < -0.39 is 5.82 Å². The van der Waals surface area contributed by atoms with Crippen LogP contribution < -0.4 is 0 Å². The van der Waals surface area contributed by atoms with Gasteiger partial charge < -0.3 is 0 Å². The monoisotopic (exact) mass is 265 g/mol. The number of fused-ring (bicyclic) bond motifs is 1. The second kappa shape index (κ2) is 2.94. The van der Waals surface area contributed by atoms with Gasteiger partial charge in [-0.2, -0.15) is 0 Å². The molecule has 0 aliphatic heterocycles. The normalized spacial score (nSPS) is 10.9. The molecule has 1 nitrogen and oxygen atoms in total. The molecule has 0 saturated heterocycles. The van der Waals surface area contributed by atoms with Crippen LogP contribution in [0.1, 0.15) is 0 Å². The molecule has 62 valence electrons. The number of hydrogen-bond acceptors (Lipinski definition) is 2. The van der Waals surface area contributed by atoms with Gasteiger partial charge in [0.05, 0.1) is 4.70 Å². The van der Waals surface area contributed by atoms with E-state index >= 15 is 0 Å². The molecule has 2 aromatic rings. The van der Waals surface area contributed by atoms with Gasteiger partial charge in [0, 0.05) is 0 Å². The topological polar surface area (TPSA) is 12.9 Å². The largest absolute Gasteiger partial charge is 0.227 e. The Morgan fingerprint density at radius 2 is 2.25 bits per heavy atom. The number of halogens is 3. The SMILES string of the molecule is Fc1ccc2sc(Br)nc2c1Cl. The molecular weight excluding hydrogens is 265 g/mol. The lowest BCUT2D eigenvalue weighted by Gasteiger charge is -1.92. The lowest BCUT2D eigenvalue weighted by atomic mass is 10.3. The van der Waals surface area contributed by atoms with Gasteiger partial charge in [-0.15, -0.1) is 11.3 Å². The molecular formula is C7H2BrClFNS. The van der Waals surface area contributed by atoms with E-state index in [0.717, 1.165) is 4.70 Å². The summed E-state index contributed by atoms with van der Waals surface area (Å²) in [6, 6.07) is 3.01. The maximum atomic E-state index is 12.9. The van der Waals surface area contributed by atoms with Crippen LogP contribution in [0.25, 0.3) is 10.2 Å². The zero-order valence-electron chi connectivity index (χ0n) is 5.64. The third-order valence-corrected chi connectivity index (χ3v) is 3.26. The molecule has 1 heterocycles. The molecule has 1 aromatic carbocycles. The van der Waals surface area contributed by atoms with Crippen LogP contribution in [0.2, 0.25) is 5.02 Å². The van der Waals surface area contributed by atoms with Gasteiger partial charge in [-0.3, -0.25) is 0 Å². The predicted octanol–water partition coefficient (Wildman–Crippen LogP) is 3.85. The molecule has 5 heteroatoms. The van der Waals surface area contributed by atoms with Gasteiger partial charge in [-0.05, 0) is 28.1 Å². The van der Waals surface area contributed by atoms with Crippen LogP contribution in [0, 0.1) is 5.82 Å². The third kappa shape index (κ3) is 1.24. The average molecular weight is 267 g/mol. The number of thiazole rings is 1. The lowest BCUT2D eigenvalue weighted by molar-refractivity contribution is 0.630. The summed E-state index contributed by atoms with van der Waals surface area (Å²) in [5.74, 6) is -0.429. The van der Waals surface area contributed by atoms with Crippen molar-refractivity contribution < 1.29 is 4.39 Å². The highest BCUT2D eigenvalue weighted by atomic mass is 79.9. The fourth-order valence-electron chi connectivity index (χ4n) is 0.910. The van der Waals surface area contributed by atoms with Crippen molar-refractivity contribution in [2.75, 3.05) is 0 Å². The van der Waals surface area contributed by atoms with E-state index in [1.54, 1.807) is 6.07 Å². The summed E-state index contributed by atoms with van der Waals surface area (Å²) in [5, 5.41) is 0.0921. The highest BCUT2D eigenvalue weighted by Gasteiger charge is 2.08. The predicted molar refractivity (Wildman–Crippen MR) is 52.3 cm³/mol. The summed E-state index contributed by atoms with van der Waals surface area (Å²) in [5.41, 5.74) is 0.522. The van der Waals surface area contributed by atoms with Crippen LogP contribution in [0.15, 0.2) is 16.0 Å². The fourth-order valence-corrected chi connectivity index (χ4v) is 2.57. The summed E-state index contributed by atoms with van der Waals surface area (Å²) < 4.78 is 14.5. The summed E-state index contributed by atoms with van der Waals surface area (Å²) in [4.78, 5) is 4.04. The summed E-state index contributed by atoms with van der Waals surface area (Å²) in [7, 11) is 0. The smallest absolute Gasteiger partial charge is 0.160 e. The number of nitrogens with zero attached hydrogens (tertiary/aromatic N) is 1. The average Bonchev–Trinajstić information content (AvgIpc) is 2.39. The highest BCUT2D eigenvalue weighted by molar-refractivity contribution is 9.11. The Morgan fingerprint density at radius 1 is 1.50 bits per heavy atom. The Hall–Kier alpha value is -0.190. The third-order valence-electron chi connectivity index (χ3n) is 1.43. The molecule has 0 atom stereocenters. The molecule has 0 fully saturated rings. The van der Waals surface area contributed by atoms with E-state index in [-0.39, 0.29) is 5.02 Å². The Balaban J connectivity index is 2.89. The van der Waals surface area contributed by atoms with Gasteiger partial charge in [0.1, 0.15) is 16.4 Å². The fraction of sp³-hybridized carbons (Fsp3) is 0. The summed E-state index contributed by atoms with van der Waals surface area (Å²) >= 11 is 10.3. The molecule has 0 unspecified atom stereocenters. The van der Waals surface area contributed by atoms with Gasteiger partial charge in [-0.1, -0.05) is 11.6 Å². The zero-order chi connectivity index (χ0) is 8.72. The van der Waals surface area contributed by atoms with E-state index in [9.17, 15) is 4.39 Å². The molecule has 0 amide bonds. The van der Waals surface area contributed by atoms with E-state index in [1.807, 2.05) is 0 Å². The molecule has 0 bridgehead atoms. The first kappa shape index (κ1) is 8.41. The summed E-state index contributed by atoms with van der Waals surface area (Å²) in [6.07, 6.45) is 0. The molecule has 2 rings (SSSR count). The van der Waals surface area contributed by atoms with Crippen molar-refractivity contribution in [3.63, 3.8) is 0 Å². The molecule has 0 aliphatic carbocycles. The van der Waals surface area contributed by atoms with Crippen molar-refractivity contribution in [1.82, 2.24) is 4.98 Å². The second-order valence-corrected chi connectivity index (χ2v) is 4.86. The molecule has 0 spiro atoms. The minimum atomic E-state index is -0.429. The maximum Gasteiger partial charge on any atom is 0.160 e. The van der Waals surface area contributed by atoms with Gasteiger partial charge in [-0.25, -0.2) is 9.37 Å².